The zero-order chi connectivity index (χ0) is 15.0. The average Bonchev–Trinajstić information content (AvgIpc) is 2.42. The Hall–Kier alpha value is -1.55. The fraction of sp³-hybridized carbons (Fsp3) is 0.562. The summed E-state index contributed by atoms with van der Waals surface area (Å²) in [6.07, 6.45) is 1.06. The van der Waals surface area contributed by atoms with Gasteiger partial charge < -0.3 is 14.8 Å². The number of esters is 1. The molecule has 0 unspecified atom stereocenters. The van der Waals surface area contributed by atoms with Gasteiger partial charge in [0, 0.05) is 24.6 Å². The quantitative estimate of drug-likeness (QED) is 0.587. The summed E-state index contributed by atoms with van der Waals surface area (Å²) >= 11 is 0. The van der Waals surface area contributed by atoms with Gasteiger partial charge in [-0.2, -0.15) is 0 Å². The van der Waals surface area contributed by atoms with Crippen LogP contribution in [-0.4, -0.2) is 25.7 Å². The zero-order valence-corrected chi connectivity index (χ0v) is 12.9. The van der Waals surface area contributed by atoms with Gasteiger partial charge in [0.05, 0.1) is 13.7 Å². The highest BCUT2D eigenvalue weighted by atomic mass is 16.5. The third kappa shape index (κ3) is 5.61. The maximum Gasteiger partial charge on any atom is 0.305 e. The molecular formula is C16H25NO3. The summed E-state index contributed by atoms with van der Waals surface area (Å²) in [4.78, 5) is 11.0. The number of nitrogens with one attached hydrogen (secondary N) is 1. The molecule has 0 bridgehead atoms. The van der Waals surface area contributed by atoms with Gasteiger partial charge >= 0.3 is 5.97 Å². The minimum absolute atomic E-state index is 0.194. The van der Waals surface area contributed by atoms with E-state index in [0.717, 1.165) is 23.4 Å². The molecule has 1 N–H and O–H groups in total. The molecule has 1 rings (SSSR count). The Morgan fingerprint density at radius 1 is 1.35 bits per heavy atom. The number of methoxy groups -OCH3 is 1. The van der Waals surface area contributed by atoms with Gasteiger partial charge in [-0.3, -0.25) is 4.79 Å². The minimum atomic E-state index is -0.194. The third-order valence-corrected chi connectivity index (χ3v) is 2.99. The van der Waals surface area contributed by atoms with E-state index in [-0.39, 0.29) is 5.97 Å². The van der Waals surface area contributed by atoms with Gasteiger partial charge in [-0.05, 0) is 18.9 Å². The van der Waals surface area contributed by atoms with Crippen molar-refractivity contribution in [2.45, 2.75) is 46.2 Å². The van der Waals surface area contributed by atoms with Crippen molar-refractivity contribution in [3.63, 3.8) is 0 Å². The van der Waals surface area contributed by atoms with Crippen LogP contribution in [-0.2, 0) is 16.1 Å². The van der Waals surface area contributed by atoms with Gasteiger partial charge in [0.1, 0.15) is 5.75 Å². The minimum Gasteiger partial charge on any atom is -0.493 e. The molecule has 0 amide bonds. The second-order valence-corrected chi connectivity index (χ2v) is 5.13. The van der Waals surface area contributed by atoms with Crippen molar-refractivity contribution < 1.29 is 14.3 Å². The molecule has 1 aromatic rings. The molecule has 112 valence electrons. The molecule has 0 aliphatic carbocycles. The molecule has 0 atom stereocenters. The number of para-hydroxylation sites is 1. The van der Waals surface area contributed by atoms with Crippen molar-refractivity contribution >= 4 is 5.97 Å². The van der Waals surface area contributed by atoms with Crippen LogP contribution in [0.2, 0.25) is 0 Å². The van der Waals surface area contributed by atoms with Crippen molar-refractivity contribution in [3.8, 4) is 5.75 Å². The molecule has 0 spiro atoms. The van der Waals surface area contributed by atoms with E-state index in [9.17, 15) is 4.79 Å². The molecule has 0 aliphatic heterocycles. The number of ether oxygens (including phenoxy) is 2. The van der Waals surface area contributed by atoms with Crippen LogP contribution in [0.4, 0.5) is 0 Å². The maximum atomic E-state index is 11.0. The first-order valence-electron chi connectivity index (χ1n) is 7.06. The number of rotatable bonds is 8. The summed E-state index contributed by atoms with van der Waals surface area (Å²) in [5, 5.41) is 3.39. The van der Waals surface area contributed by atoms with Crippen LogP contribution >= 0.6 is 0 Å². The number of carbonyl (C=O) groups excluding carboxylic acids is 1. The fourth-order valence-electron chi connectivity index (χ4n) is 1.87. The highest BCUT2D eigenvalue weighted by Crippen LogP contribution is 2.23. The molecule has 0 aromatic heterocycles. The molecule has 4 heteroatoms. The molecular weight excluding hydrogens is 254 g/mol. The summed E-state index contributed by atoms with van der Waals surface area (Å²) in [7, 11) is 1.40. The van der Waals surface area contributed by atoms with Crippen molar-refractivity contribution in [2.75, 3.05) is 13.7 Å². The Bertz CT molecular complexity index is 430. The summed E-state index contributed by atoms with van der Waals surface area (Å²) in [5.41, 5.74) is 2.27. The van der Waals surface area contributed by atoms with Crippen LogP contribution in [0.1, 0.15) is 37.8 Å². The molecule has 4 nitrogen and oxygen atoms in total. The largest absolute Gasteiger partial charge is 0.493 e. The van der Waals surface area contributed by atoms with E-state index in [4.69, 9.17) is 4.74 Å². The first kappa shape index (κ1) is 16.5. The monoisotopic (exact) mass is 279 g/mol. The van der Waals surface area contributed by atoms with Gasteiger partial charge in [-0.1, -0.05) is 32.0 Å². The molecule has 0 radical (unpaired) electrons. The second kappa shape index (κ2) is 8.59. The third-order valence-electron chi connectivity index (χ3n) is 2.99. The molecule has 0 aliphatic rings. The van der Waals surface area contributed by atoms with Crippen LogP contribution in [0.3, 0.4) is 0 Å². The highest BCUT2D eigenvalue weighted by Gasteiger charge is 2.08. The lowest BCUT2D eigenvalue weighted by Crippen LogP contribution is -2.22. The number of hydrogen-bond donors (Lipinski definition) is 1. The van der Waals surface area contributed by atoms with Crippen molar-refractivity contribution in [1.82, 2.24) is 5.32 Å². The number of carbonyl (C=O) groups is 1. The van der Waals surface area contributed by atoms with Gasteiger partial charge in [-0.15, -0.1) is 0 Å². The van der Waals surface area contributed by atoms with E-state index in [1.165, 1.54) is 7.11 Å². The SMILES string of the molecule is COC(=O)CCCOc1c(C)cccc1CNC(C)C. The lowest BCUT2D eigenvalue weighted by atomic mass is 10.1. The van der Waals surface area contributed by atoms with E-state index in [0.29, 0.717) is 25.5 Å². The summed E-state index contributed by atoms with van der Waals surface area (Å²) in [5.74, 6) is 0.727. The summed E-state index contributed by atoms with van der Waals surface area (Å²) in [6, 6.07) is 6.57. The van der Waals surface area contributed by atoms with E-state index < -0.39 is 0 Å². The van der Waals surface area contributed by atoms with E-state index in [2.05, 4.69) is 30.0 Å². The summed E-state index contributed by atoms with van der Waals surface area (Å²) < 4.78 is 10.5. The van der Waals surface area contributed by atoms with Gasteiger partial charge in [0.25, 0.3) is 0 Å². The standard InChI is InChI=1S/C16H25NO3/c1-12(2)17-11-14-8-5-7-13(3)16(14)20-10-6-9-15(18)19-4/h5,7-8,12,17H,6,9-11H2,1-4H3. The fourth-order valence-corrected chi connectivity index (χ4v) is 1.87. The molecule has 0 saturated carbocycles. The number of aryl methyl sites for hydroxylation is 1. The first-order chi connectivity index (χ1) is 9.54. The average molecular weight is 279 g/mol. The summed E-state index contributed by atoms with van der Waals surface area (Å²) in [6.45, 7) is 7.58. The second-order valence-electron chi connectivity index (χ2n) is 5.13. The number of benzene rings is 1. The van der Waals surface area contributed by atoms with Crippen molar-refractivity contribution in [3.05, 3.63) is 29.3 Å². The maximum absolute atomic E-state index is 11.0. The van der Waals surface area contributed by atoms with Crippen LogP contribution in [0.5, 0.6) is 5.75 Å². The molecule has 0 saturated heterocycles. The van der Waals surface area contributed by atoms with E-state index >= 15 is 0 Å². The van der Waals surface area contributed by atoms with Crippen LogP contribution in [0, 0.1) is 6.92 Å². The van der Waals surface area contributed by atoms with E-state index in [1.807, 2.05) is 19.1 Å². The topological polar surface area (TPSA) is 47.6 Å². The van der Waals surface area contributed by atoms with Gasteiger partial charge in [0.2, 0.25) is 0 Å². The van der Waals surface area contributed by atoms with Gasteiger partial charge in [0.15, 0.2) is 0 Å². The Balaban J connectivity index is 2.56. The lowest BCUT2D eigenvalue weighted by molar-refractivity contribution is -0.140. The highest BCUT2D eigenvalue weighted by molar-refractivity contribution is 5.69. The molecule has 1 aromatic carbocycles. The predicted molar refractivity (Wildman–Crippen MR) is 79.9 cm³/mol. The van der Waals surface area contributed by atoms with Crippen molar-refractivity contribution in [1.29, 1.82) is 0 Å². The van der Waals surface area contributed by atoms with Crippen LogP contribution in [0.25, 0.3) is 0 Å². The Morgan fingerprint density at radius 2 is 2.10 bits per heavy atom. The van der Waals surface area contributed by atoms with Crippen molar-refractivity contribution in [2.24, 2.45) is 0 Å². The lowest BCUT2D eigenvalue weighted by Gasteiger charge is -2.15. The van der Waals surface area contributed by atoms with E-state index in [1.54, 1.807) is 0 Å². The first-order valence-corrected chi connectivity index (χ1v) is 7.06. The zero-order valence-electron chi connectivity index (χ0n) is 12.9. The number of hydrogen-bond acceptors (Lipinski definition) is 4. The smallest absolute Gasteiger partial charge is 0.305 e. The van der Waals surface area contributed by atoms with Crippen LogP contribution < -0.4 is 10.1 Å². The molecule has 0 fully saturated rings. The predicted octanol–water partition coefficient (Wildman–Crippen LogP) is 2.83. The van der Waals surface area contributed by atoms with Gasteiger partial charge in [-0.25, -0.2) is 0 Å². The Kier molecular flexibility index (Phi) is 7.09. The van der Waals surface area contributed by atoms with Crippen LogP contribution in [0.15, 0.2) is 18.2 Å². The normalized spacial score (nSPS) is 10.7. The Labute approximate surface area is 121 Å². The Morgan fingerprint density at radius 3 is 2.75 bits per heavy atom. The molecule has 20 heavy (non-hydrogen) atoms. The molecule has 0 heterocycles.